The van der Waals surface area contributed by atoms with Gasteiger partial charge in [-0.2, -0.15) is 11.8 Å². The molecular weight excluding hydrogens is 272 g/mol. The largest absolute Gasteiger partial charge is 0.387 e. The third kappa shape index (κ3) is 5.57. The second-order valence-corrected chi connectivity index (χ2v) is 5.49. The summed E-state index contributed by atoms with van der Waals surface area (Å²) in [6.07, 6.45) is 1.59. The SMILES string of the molecule is CSCC(C)(O)CNC(=O)Cc1cc(F)ccc1F. The zero-order valence-corrected chi connectivity index (χ0v) is 11.7. The van der Waals surface area contributed by atoms with E-state index in [1.165, 1.54) is 11.8 Å². The van der Waals surface area contributed by atoms with Crippen molar-refractivity contribution in [1.29, 1.82) is 0 Å². The van der Waals surface area contributed by atoms with Crippen LogP contribution in [0.1, 0.15) is 12.5 Å². The molecule has 19 heavy (non-hydrogen) atoms. The first kappa shape index (κ1) is 15.9. The molecule has 1 amide bonds. The quantitative estimate of drug-likeness (QED) is 0.838. The molecule has 0 aliphatic heterocycles. The van der Waals surface area contributed by atoms with Crippen molar-refractivity contribution in [1.82, 2.24) is 5.32 Å². The summed E-state index contributed by atoms with van der Waals surface area (Å²) < 4.78 is 26.3. The van der Waals surface area contributed by atoms with Gasteiger partial charge in [0.1, 0.15) is 11.6 Å². The zero-order chi connectivity index (χ0) is 14.5. The molecule has 0 aliphatic carbocycles. The molecule has 6 heteroatoms. The van der Waals surface area contributed by atoms with Crippen molar-refractivity contribution in [2.75, 3.05) is 18.6 Å². The van der Waals surface area contributed by atoms with Crippen LogP contribution in [-0.2, 0) is 11.2 Å². The predicted molar refractivity (Wildman–Crippen MR) is 72.1 cm³/mol. The van der Waals surface area contributed by atoms with Crippen LogP contribution in [0.15, 0.2) is 18.2 Å². The highest BCUT2D eigenvalue weighted by Gasteiger charge is 2.20. The molecule has 1 aromatic carbocycles. The van der Waals surface area contributed by atoms with Crippen LogP contribution in [0, 0.1) is 11.6 Å². The highest BCUT2D eigenvalue weighted by Crippen LogP contribution is 2.11. The van der Waals surface area contributed by atoms with E-state index in [2.05, 4.69) is 5.32 Å². The number of carbonyl (C=O) groups excluding carboxylic acids is 1. The van der Waals surface area contributed by atoms with Crippen molar-refractivity contribution in [3.05, 3.63) is 35.4 Å². The van der Waals surface area contributed by atoms with Crippen LogP contribution in [0.4, 0.5) is 8.78 Å². The standard InChI is InChI=1S/C13H17F2NO2S/c1-13(18,8-19-2)7-16-12(17)6-9-5-10(14)3-4-11(9)15/h3-5,18H,6-8H2,1-2H3,(H,16,17). The Kier molecular flexibility index (Phi) is 5.75. The van der Waals surface area contributed by atoms with Gasteiger partial charge in [0.05, 0.1) is 12.0 Å². The van der Waals surface area contributed by atoms with Crippen molar-refractivity contribution >= 4 is 17.7 Å². The summed E-state index contributed by atoms with van der Waals surface area (Å²) in [4.78, 5) is 11.6. The van der Waals surface area contributed by atoms with E-state index in [1.807, 2.05) is 6.26 Å². The fourth-order valence-corrected chi connectivity index (χ4v) is 2.29. The maximum absolute atomic E-state index is 13.3. The monoisotopic (exact) mass is 289 g/mol. The minimum absolute atomic E-state index is 0.00186. The number of hydrogen-bond donors (Lipinski definition) is 2. The van der Waals surface area contributed by atoms with E-state index in [4.69, 9.17) is 0 Å². The molecule has 0 spiro atoms. The molecule has 1 aromatic rings. The number of benzene rings is 1. The fourth-order valence-electron chi connectivity index (χ4n) is 1.57. The summed E-state index contributed by atoms with van der Waals surface area (Å²) in [5.41, 5.74) is -1.02. The van der Waals surface area contributed by atoms with Gasteiger partial charge in [-0.1, -0.05) is 0 Å². The van der Waals surface area contributed by atoms with Crippen LogP contribution < -0.4 is 5.32 Å². The highest BCUT2D eigenvalue weighted by molar-refractivity contribution is 7.98. The summed E-state index contributed by atoms with van der Waals surface area (Å²) >= 11 is 1.46. The predicted octanol–water partition coefficient (Wildman–Crippen LogP) is 1.74. The molecule has 0 aromatic heterocycles. The summed E-state index contributed by atoms with van der Waals surface area (Å²) in [7, 11) is 0. The van der Waals surface area contributed by atoms with Gasteiger partial charge in [0.15, 0.2) is 0 Å². The molecule has 0 aliphatic rings. The third-order valence-corrected chi connectivity index (χ3v) is 3.39. The molecular formula is C13H17F2NO2S. The van der Waals surface area contributed by atoms with Crippen LogP contribution in [0.5, 0.6) is 0 Å². The molecule has 106 valence electrons. The number of amides is 1. The van der Waals surface area contributed by atoms with Crippen molar-refractivity contribution in [3.8, 4) is 0 Å². The Morgan fingerprint density at radius 3 is 2.79 bits per heavy atom. The Morgan fingerprint density at radius 1 is 1.47 bits per heavy atom. The van der Waals surface area contributed by atoms with Gasteiger partial charge in [-0.05, 0) is 31.4 Å². The van der Waals surface area contributed by atoms with Crippen LogP contribution in [-0.4, -0.2) is 35.2 Å². The summed E-state index contributed by atoms with van der Waals surface area (Å²) in [5.74, 6) is -1.18. The molecule has 0 fully saturated rings. The van der Waals surface area contributed by atoms with Crippen LogP contribution in [0.25, 0.3) is 0 Å². The number of halogens is 2. The van der Waals surface area contributed by atoms with Gasteiger partial charge in [-0.3, -0.25) is 4.79 Å². The molecule has 0 radical (unpaired) electrons. The van der Waals surface area contributed by atoms with Crippen molar-refractivity contribution in [3.63, 3.8) is 0 Å². The molecule has 0 saturated carbocycles. The Morgan fingerprint density at radius 2 is 2.16 bits per heavy atom. The van der Waals surface area contributed by atoms with Crippen LogP contribution in [0.2, 0.25) is 0 Å². The van der Waals surface area contributed by atoms with Gasteiger partial charge in [0.25, 0.3) is 0 Å². The van der Waals surface area contributed by atoms with Gasteiger partial charge >= 0.3 is 0 Å². The average molecular weight is 289 g/mol. The topological polar surface area (TPSA) is 49.3 Å². The molecule has 0 saturated heterocycles. The van der Waals surface area contributed by atoms with E-state index >= 15 is 0 Å². The van der Waals surface area contributed by atoms with E-state index < -0.39 is 23.1 Å². The Bertz CT molecular complexity index is 452. The van der Waals surface area contributed by atoms with E-state index in [0.717, 1.165) is 18.2 Å². The first-order valence-corrected chi connectivity index (χ1v) is 7.15. The fraction of sp³-hybridized carbons (Fsp3) is 0.462. The van der Waals surface area contributed by atoms with Gasteiger partial charge in [-0.25, -0.2) is 8.78 Å². The Balaban J connectivity index is 2.54. The second kappa shape index (κ2) is 6.86. The van der Waals surface area contributed by atoms with Crippen molar-refractivity contribution in [2.45, 2.75) is 18.9 Å². The maximum atomic E-state index is 13.3. The van der Waals surface area contributed by atoms with Gasteiger partial charge in [0.2, 0.25) is 5.91 Å². The maximum Gasteiger partial charge on any atom is 0.224 e. The van der Waals surface area contributed by atoms with Crippen molar-refractivity contribution in [2.24, 2.45) is 0 Å². The smallest absolute Gasteiger partial charge is 0.224 e. The molecule has 1 atom stereocenters. The normalized spacial score (nSPS) is 13.9. The van der Waals surface area contributed by atoms with E-state index in [-0.39, 0.29) is 18.5 Å². The number of rotatable bonds is 6. The average Bonchev–Trinajstić information content (AvgIpc) is 2.31. The van der Waals surface area contributed by atoms with E-state index in [9.17, 15) is 18.7 Å². The first-order valence-electron chi connectivity index (χ1n) is 5.76. The van der Waals surface area contributed by atoms with E-state index in [1.54, 1.807) is 6.92 Å². The van der Waals surface area contributed by atoms with Crippen molar-refractivity contribution < 1.29 is 18.7 Å². The number of hydrogen-bond acceptors (Lipinski definition) is 3. The lowest BCUT2D eigenvalue weighted by Gasteiger charge is -2.22. The molecule has 1 rings (SSSR count). The van der Waals surface area contributed by atoms with Crippen LogP contribution in [0.3, 0.4) is 0 Å². The number of carbonyl (C=O) groups is 1. The third-order valence-electron chi connectivity index (χ3n) is 2.48. The summed E-state index contributed by atoms with van der Waals surface area (Å²) in [5, 5.41) is 12.4. The molecule has 2 N–H and O–H groups in total. The molecule has 3 nitrogen and oxygen atoms in total. The lowest BCUT2D eigenvalue weighted by Crippen LogP contribution is -2.43. The van der Waals surface area contributed by atoms with Gasteiger partial charge < -0.3 is 10.4 Å². The molecule has 0 bridgehead atoms. The minimum atomic E-state index is -1.02. The molecule has 1 unspecified atom stereocenters. The second-order valence-electron chi connectivity index (χ2n) is 4.62. The Hall–Kier alpha value is -1.14. The molecule has 0 heterocycles. The number of thioether (sulfide) groups is 1. The van der Waals surface area contributed by atoms with Gasteiger partial charge in [0, 0.05) is 17.9 Å². The lowest BCUT2D eigenvalue weighted by atomic mass is 10.1. The first-order chi connectivity index (χ1) is 8.84. The van der Waals surface area contributed by atoms with Gasteiger partial charge in [-0.15, -0.1) is 0 Å². The highest BCUT2D eigenvalue weighted by atomic mass is 32.2. The number of nitrogens with one attached hydrogen (secondary N) is 1. The van der Waals surface area contributed by atoms with Crippen LogP contribution >= 0.6 is 11.8 Å². The Labute approximate surface area is 115 Å². The summed E-state index contributed by atoms with van der Waals surface area (Å²) in [6, 6.07) is 2.98. The lowest BCUT2D eigenvalue weighted by molar-refractivity contribution is -0.121. The van der Waals surface area contributed by atoms with E-state index in [0.29, 0.717) is 5.75 Å². The zero-order valence-electron chi connectivity index (χ0n) is 10.9. The number of aliphatic hydroxyl groups is 1. The minimum Gasteiger partial charge on any atom is -0.387 e. The summed E-state index contributed by atoms with van der Waals surface area (Å²) in [6.45, 7) is 1.68.